The van der Waals surface area contributed by atoms with E-state index in [2.05, 4.69) is 16.2 Å². The van der Waals surface area contributed by atoms with Crippen molar-refractivity contribution >= 4 is 47.1 Å². The molecule has 1 heterocycles. The van der Waals surface area contributed by atoms with Crippen molar-refractivity contribution in [2.75, 3.05) is 13.2 Å². The smallest absolute Gasteiger partial charge is 0.303 e. The number of ether oxygens (including phenoxy) is 5. The van der Waals surface area contributed by atoms with Gasteiger partial charge in [-0.3, -0.25) is 34.8 Å². The summed E-state index contributed by atoms with van der Waals surface area (Å²) < 4.78 is 27.0. The van der Waals surface area contributed by atoms with E-state index in [1.165, 1.54) is 0 Å². The van der Waals surface area contributed by atoms with Crippen LogP contribution in [0.1, 0.15) is 105 Å². The molecule has 0 aliphatic carbocycles. The maximum atomic E-state index is 12.4. The van der Waals surface area contributed by atoms with Gasteiger partial charge < -0.3 is 44.3 Å². The number of hydrazine groups is 1. The van der Waals surface area contributed by atoms with Gasteiger partial charge in [-0.05, 0) is 37.9 Å². The first-order valence-corrected chi connectivity index (χ1v) is 16.8. The van der Waals surface area contributed by atoms with Crippen LogP contribution in [0.25, 0.3) is 0 Å². The zero-order valence-electron chi connectivity index (χ0n) is 28.3. The first kappa shape index (κ1) is 42.9. The Hall–Kier alpha value is -3.12. The fraction of sp³-hybridized carbons (Fsp3) is 0.806. The van der Waals surface area contributed by atoms with Crippen LogP contribution >= 0.6 is 12.2 Å². The highest BCUT2D eigenvalue weighted by molar-refractivity contribution is 7.80. The van der Waals surface area contributed by atoms with Crippen LogP contribution in [0.2, 0.25) is 0 Å². The fourth-order valence-electron chi connectivity index (χ4n) is 5.07. The molecule has 0 aromatic carbocycles. The van der Waals surface area contributed by atoms with Crippen LogP contribution in [0.5, 0.6) is 0 Å². The van der Waals surface area contributed by atoms with E-state index in [0.29, 0.717) is 19.3 Å². The Labute approximate surface area is 286 Å². The topological polar surface area (TPSA) is 228 Å². The summed E-state index contributed by atoms with van der Waals surface area (Å²) in [4.78, 5) is 59.6. The maximum Gasteiger partial charge on any atom is 0.303 e. The molecule has 0 aromatic heterocycles. The lowest BCUT2D eigenvalue weighted by Crippen LogP contribution is -2.67. The molecule has 0 radical (unpaired) electrons. The van der Waals surface area contributed by atoms with Gasteiger partial charge in [0.1, 0.15) is 12.7 Å². The zero-order valence-corrected chi connectivity index (χ0v) is 29.1. The molecule has 16 nitrogen and oxygen atoms in total. The average molecular weight is 708 g/mol. The fourth-order valence-corrected chi connectivity index (χ4v) is 5.24. The summed E-state index contributed by atoms with van der Waals surface area (Å²) in [5, 5.41) is 31.6. The second kappa shape index (κ2) is 24.1. The molecule has 276 valence electrons. The average Bonchev–Trinajstić information content (AvgIpc) is 3.00. The number of hydrogen-bond donors (Lipinski definition) is 6. The Morgan fingerprint density at radius 2 is 1.19 bits per heavy atom. The van der Waals surface area contributed by atoms with Gasteiger partial charge in [-0.1, -0.05) is 44.9 Å². The van der Waals surface area contributed by atoms with E-state index in [1.54, 1.807) is 0 Å². The van der Waals surface area contributed by atoms with Gasteiger partial charge in [0.05, 0.1) is 12.2 Å². The minimum Gasteiger partial charge on any atom is -0.463 e. The zero-order chi connectivity index (χ0) is 36.1. The highest BCUT2D eigenvalue weighted by atomic mass is 32.1. The Morgan fingerprint density at radius 1 is 0.688 bits per heavy atom. The third kappa shape index (κ3) is 18.4. The lowest BCUT2D eigenvalue weighted by atomic mass is 9.97. The van der Waals surface area contributed by atoms with Crippen LogP contribution in [0.3, 0.4) is 0 Å². The number of hydrogen-bond acceptors (Lipinski definition) is 14. The van der Waals surface area contributed by atoms with E-state index in [1.807, 2.05) is 0 Å². The number of nitrogens with one attached hydrogen (secondary N) is 3. The van der Waals surface area contributed by atoms with Crippen molar-refractivity contribution < 1.29 is 63.0 Å². The van der Waals surface area contributed by atoms with Gasteiger partial charge in [0.25, 0.3) is 0 Å². The van der Waals surface area contributed by atoms with Crippen molar-refractivity contribution in [3.8, 4) is 0 Å². The van der Waals surface area contributed by atoms with Crippen molar-refractivity contribution in [2.45, 2.75) is 148 Å². The lowest BCUT2D eigenvalue weighted by Gasteiger charge is -2.44. The third-order valence-corrected chi connectivity index (χ3v) is 7.56. The summed E-state index contributed by atoms with van der Waals surface area (Å²) in [6.07, 6.45) is 0.460. The Morgan fingerprint density at radius 3 is 1.73 bits per heavy atom. The molecular weight excluding hydrogens is 654 g/mol. The molecule has 1 aliphatic rings. The second-order valence-electron chi connectivity index (χ2n) is 11.6. The van der Waals surface area contributed by atoms with Crippen molar-refractivity contribution in [1.29, 1.82) is 0 Å². The molecule has 0 saturated carbocycles. The predicted molar refractivity (Wildman–Crippen MR) is 173 cm³/mol. The second-order valence-corrected chi connectivity index (χ2v) is 12.0. The van der Waals surface area contributed by atoms with E-state index in [4.69, 9.17) is 41.0 Å². The van der Waals surface area contributed by atoms with E-state index in [9.17, 15) is 34.2 Å². The first-order chi connectivity index (χ1) is 22.7. The van der Waals surface area contributed by atoms with Crippen LogP contribution in [-0.4, -0.2) is 106 Å². The third-order valence-electron chi connectivity index (χ3n) is 7.34. The predicted octanol–water partition coefficient (Wildman–Crippen LogP) is 0.960. The van der Waals surface area contributed by atoms with E-state index >= 15 is 0 Å². The molecular formula is C31H53N3O13S. The molecule has 6 N–H and O–H groups in total. The molecule has 1 fully saturated rings. The van der Waals surface area contributed by atoms with Gasteiger partial charge in [0.2, 0.25) is 5.91 Å². The van der Waals surface area contributed by atoms with E-state index in [-0.39, 0.29) is 24.0 Å². The van der Waals surface area contributed by atoms with Crippen LogP contribution in [0.15, 0.2) is 0 Å². The number of thiocarbonyl (C=S) groups is 1. The number of aliphatic hydroxyl groups is 3. The molecule has 0 spiro atoms. The molecule has 1 aliphatic heterocycles. The standard InChI is InChI=1S/C31H53N3O13S/c1-19(36)43-18-25-27(44-20(2)37)28(45-21(3)38)29(46-22(4)39)30(47-25)32-31(48)34-33-26(42)16-12-7-5-6-10-14-23(40)24(41)15-11-8-9-13-17-35/h23-25,27-30,35,40-41H,5-18H2,1-4H3,(H,33,42)(H2,32,34,48)/t23?,24?,25-,27-,28+,29-,30?/m1/s1. The normalized spacial score (nSPS) is 21.6. The monoisotopic (exact) mass is 707 g/mol. The molecule has 1 saturated heterocycles. The van der Waals surface area contributed by atoms with Crippen LogP contribution in [0.4, 0.5) is 0 Å². The summed E-state index contributed by atoms with van der Waals surface area (Å²) in [6.45, 7) is 4.27. The highest BCUT2D eigenvalue weighted by Gasteiger charge is 2.52. The Balaban J connectivity index is 2.57. The van der Waals surface area contributed by atoms with Crippen molar-refractivity contribution in [3.05, 3.63) is 0 Å². The van der Waals surface area contributed by atoms with E-state index in [0.717, 1.165) is 79.1 Å². The van der Waals surface area contributed by atoms with Crippen LogP contribution < -0.4 is 16.2 Å². The molecule has 7 atom stereocenters. The van der Waals surface area contributed by atoms with Gasteiger partial charge in [-0.25, -0.2) is 0 Å². The van der Waals surface area contributed by atoms with Crippen LogP contribution in [-0.2, 0) is 47.7 Å². The van der Waals surface area contributed by atoms with Gasteiger partial charge in [0, 0.05) is 40.7 Å². The summed E-state index contributed by atoms with van der Waals surface area (Å²) in [7, 11) is 0. The van der Waals surface area contributed by atoms with E-state index < -0.39 is 73.3 Å². The highest BCUT2D eigenvalue weighted by Crippen LogP contribution is 2.28. The largest absolute Gasteiger partial charge is 0.463 e. The van der Waals surface area contributed by atoms with Gasteiger partial charge in [-0.15, -0.1) is 0 Å². The lowest BCUT2D eigenvalue weighted by molar-refractivity contribution is -0.254. The maximum absolute atomic E-state index is 12.4. The number of rotatable bonds is 21. The SMILES string of the molecule is CC(=O)OC[C@H]1OC(NC(=S)NNC(=O)CCCCCCCC(O)C(O)CCCCCCO)[C@H](OC(C)=O)[C@@H](OC(C)=O)[C@@H]1OC(C)=O. The quantitative estimate of drug-likeness (QED) is 0.0321. The summed E-state index contributed by atoms with van der Waals surface area (Å²) in [6, 6.07) is 0. The number of carbonyl (C=O) groups excluding carboxylic acids is 5. The van der Waals surface area contributed by atoms with Gasteiger partial charge in [0.15, 0.2) is 29.7 Å². The van der Waals surface area contributed by atoms with Crippen molar-refractivity contribution in [2.24, 2.45) is 0 Å². The van der Waals surface area contributed by atoms with Crippen molar-refractivity contribution in [3.63, 3.8) is 0 Å². The number of unbranched alkanes of at least 4 members (excludes halogenated alkanes) is 7. The minimum absolute atomic E-state index is 0.143. The van der Waals surface area contributed by atoms with Gasteiger partial charge in [-0.2, -0.15) is 0 Å². The molecule has 17 heteroatoms. The Kier molecular flexibility index (Phi) is 21.5. The first-order valence-electron chi connectivity index (χ1n) is 16.4. The molecule has 3 unspecified atom stereocenters. The summed E-state index contributed by atoms with van der Waals surface area (Å²) in [5.74, 6) is -3.30. The molecule has 0 aromatic rings. The summed E-state index contributed by atoms with van der Waals surface area (Å²) >= 11 is 5.27. The van der Waals surface area contributed by atoms with Crippen molar-refractivity contribution in [1.82, 2.24) is 16.2 Å². The number of aliphatic hydroxyl groups excluding tert-OH is 3. The molecule has 0 bridgehead atoms. The van der Waals surface area contributed by atoms with Gasteiger partial charge >= 0.3 is 23.9 Å². The van der Waals surface area contributed by atoms with Crippen LogP contribution in [0, 0.1) is 0 Å². The molecule has 1 rings (SSSR count). The molecule has 1 amide bonds. The minimum atomic E-state index is -1.37. The molecule has 48 heavy (non-hydrogen) atoms. The number of amides is 1. The summed E-state index contributed by atoms with van der Waals surface area (Å²) in [5.41, 5.74) is 5.00. The Bertz CT molecular complexity index is 1030. The number of carbonyl (C=O) groups is 5. The number of esters is 4.